The Kier molecular flexibility index (Phi) is 7.47. The summed E-state index contributed by atoms with van der Waals surface area (Å²) in [5.74, 6) is -0.262. The molecule has 0 radical (unpaired) electrons. The molecule has 1 saturated heterocycles. The molecule has 6 nitrogen and oxygen atoms in total. The maximum Gasteiger partial charge on any atom is 0.235 e. The molecule has 0 bridgehead atoms. The molecule has 1 atom stereocenters. The number of carbonyl (C=O) groups is 1. The fourth-order valence-corrected chi connectivity index (χ4v) is 2.96. The average molecular weight is 306 g/mol. The van der Waals surface area contributed by atoms with Gasteiger partial charge in [0.15, 0.2) is 0 Å². The molecule has 0 saturated carbocycles. The number of amides is 1. The lowest BCUT2D eigenvalue weighted by atomic mass is 10.2. The Hall–Kier alpha value is -0.660. The second-order valence-corrected chi connectivity index (χ2v) is 7.23. The number of unbranched alkanes of at least 4 members (excludes halogenated alkanes) is 2. The van der Waals surface area contributed by atoms with Gasteiger partial charge in [0.05, 0.1) is 18.9 Å². The van der Waals surface area contributed by atoms with E-state index in [1.807, 2.05) is 0 Å². The van der Waals surface area contributed by atoms with Crippen molar-refractivity contribution in [3.05, 3.63) is 0 Å². The molecule has 20 heavy (non-hydrogen) atoms. The van der Waals surface area contributed by atoms with Crippen molar-refractivity contribution >= 4 is 15.9 Å². The highest BCUT2D eigenvalue weighted by Gasteiger charge is 2.21. The lowest BCUT2D eigenvalue weighted by molar-refractivity contribution is -0.121. The highest BCUT2D eigenvalue weighted by Crippen LogP contribution is 2.10. The van der Waals surface area contributed by atoms with Gasteiger partial charge in [0.1, 0.15) is 0 Å². The van der Waals surface area contributed by atoms with Crippen molar-refractivity contribution in [3.63, 3.8) is 0 Å². The smallest absolute Gasteiger partial charge is 0.235 e. The SMILES string of the molecule is CCCCCN(CC(=O)NCC1CCCO1)S(C)(=O)=O. The molecule has 0 aliphatic carbocycles. The van der Waals surface area contributed by atoms with Crippen LogP contribution in [-0.4, -0.2) is 57.2 Å². The molecule has 1 aliphatic rings. The molecule has 1 unspecified atom stereocenters. The van der Waals surface area contributed by atoms with Crippen LogP contribution in [0.2, 0.25) is 0 Å². The summed E-state index contributed by atoms with van der Waals surface area (Å²) in [5, 5.41) is 2.75. The van der Waals surface area contributed by atoms with Gasteiger partial charge in [-0.05, 0) is 19.3 Å². The first kappa shape index (κ1) is 17.4. The Balaban J connectivity index is 2.36. The van der Waals surface area contributed by atoms with Crippen LogP contribution in [-0.2, 0) is 19.6 Å². The van der Waals surface area contributed by atoms with Crippen LogP contribution in [0.1, 0.15) is 39.0 Å². The van der Waals surface area contributed by atoms with Gasteiger partial charge in [-0.3, -0.25) is 4.79 Å². The minimum Gasteiger partial charge on any atom is -0.376 e. The predicted octanol–water partition coefficient (Wildman–Crippen LogP) is 0.733. The largest absolute Gasteiger partial charge is 0.376 e. The van der Waals surface area contributed by atoms with Gasteiger partial charge < -0.3 is 10.1 Å². The fourth-order valence-electron chi connectivity index (χ4n) is 2.15. The van der Waals surface area contributed by atoms with E-state index in [1.165, 1.54) is 4.31 Å². The molecular weight excluding hydrogens is 280 g/mol. The fraction of sp³-hybridized carbons (Fsp3) is 0.923. The van der Waals surface area contributed by atoms with E-state index < -0.39 is 10.0 Å². The second kappa shape index (κ2) is 8.59. The van der Waals surface area contributed by atoms with Gasteiger partial charge in [0.2, 0.25) is 15.9 Å². The maximum atomic E-state index is 11.8. The molecule has 0 aromatic rings. The third kappa shape index (κ3) is 6.67. The van der Waals surface area contributed by atoms with Crippen molar-refractivity contribution in [1.82, 2.24) is 9.62 Å². The number of hydrogen-bond acceptors (Lipinski definition) is 4. The molecule has 1 rings (SSSR count). The minimum atomic E-state index is -3.34. The monoisotopic (exact) mass is 306 g/mol. The summed E-state index contributed by atoms with van der Waals surface area (Å²) in [7, 11) is -3.34. The summed E-state index contributed by atoms with van der Waals surface area (Å²) in [6, 6.07) is 0. The van der Waals surface area contributed by atoms with Gasteiger partial charge in [-0.2, -0.15) is 4.31 Å². The normalized spacial score (nSPS) is 19.4. The Bertz CT molecular complexity index is 391. The highest BCUT2D eigenvalue weighted by molar-refractivity contribution is 7.88. The molecule has 1 heterocycles. The van der Waals surface area contributed by atoms with Crippen LogP contribution < -0.4 is 5.32 Å². The van der Waals surface area contributed by atoms with Gasteiger partial charge in [0, 0.05) is 19.7 Å². The van der Waals surface area contributed by atoms with Gasteiger partial charge in [-0.25, -0.2) is 8.42 Å². The molecule has 118 valence electrons. The number of nitrogens with one attached hydrogen (secondary N) is 1. The van der Waals surface area contributed by atoms with Crippen LogP contribution in [0.15, 0.2) is 0 Å². The molecule has 1 fully saturated rings. The zero-order valence-corrected chi connectivity index (χ0v) is 13.2. The van der Waals surface area contributed by atoms with Gasteiger partial charge in [-0.1, -0.05) is 19.8 Å². The summed E-state index contributed by atoms with van der Waals surface area (Å²) in [5.41, 5.74) is 0. The van der Waals surface area contributed by atoms with E-state index in [0.717, 1.165) is 45.0 Å². The topological polar surface area (TPSA) is 75.7 Å². The van der Waals surface area contributed by atoms with Crippen LogP contribution in [0.4, 0.5) is 0 Å². The number of nitrogens with zero attached hydrogens (tertiary/aromatic N) is 1. The van der Waals surface area contributed by atoms with Gasteiger partial charge >= 0.3 is 0 Å². The predicted molar refractivity (Wildman–Crippen MR) is 77.9 cm³/mol. The molecule has 0 aromatic heterocycles. The van der Waals surface area contributed by atoms with E-state index >= 15 is 0 Å². The zero-order valence-electron chi connectivity index (χ0n) is 12.4. The third-order valence-electron chi connectivity index (χ3n) is 3.35. The number of carbonyl (C=O) groups excluding carboxylic acids is 1. The third-order valence-corrected chi connectivity index (χ3v) is 4.60. The van der Waals surface area contributed by atoms with Crippen molar-refractivity contribution in [2.75, 3.05) is 32.5 Å². The summed E-state index contributed by atoms with van der Waals surface area (Å²) >= 11 is 0. The molecule has 1 amide bonds. The number of sulfonamides is 1. The van der Waals surface area contributed by atoms with Crippen molar-refractivity contribution in [2.24, 2.45) is 0 Å². The Morgan fingerprint density at radius 3 is 2.70 bits per heavy atom. The molecule has 0 aromatic carbocycles. The summed E-state index contributed by atoms with van der Waals surface area (Å²) in [6.07, 6.45) is 5.95. The van der Waals surface area contributed by atoms with Gasteiger partial charge in [0.25, 0.3) is 0 Å². The Labute approximate surface area is 121 Å². The first-order chi connectivity index (χ1) is 9.43. The Morgan fingerprint density at radius 2 is 2.15 bits per heavy atom. The minimum absolute atomic E-state index is 0.0747. The average Bonchev–Trinajstić information content (AvgIpc) is 2.87. The Morgan fingerprint density at radius 1 is 1.40 bits per heavy atom. The summed E-state index contributed by atoms with van der Waals surface area (Å²) in [4.78, 5) is 11.8. The lowest BCUT2D eigenvalue weighted by Gasteiger charge is -2.20. The zero-order chi connectivity index (χ0) is 15.0. The first-order valence-electron chi connectivity index (χ1n) is 7.27. The van der Waals surface area contributed by atoms with Crippen LogP contribution in [0, 0.1) is 0 Å². The first-order valence-corrected chi connectivity index (χ1v) is 9.11. The summed E-state index contributed by atoms with van der Waals surface area (Å²) in [6.45, 7) is 3.56. The molecular formula is C13H26N2O4S. The van der Waals surface area contributed by atoms with E-state index in [-0.39, 0.29) is 18.6 Å². The van der Waals surface area contributed by atoms with Crippen LogP contribution in [0.25, 0.3) is 0 Å². The van der Waals surface area contributed by atoms with E-state index in [4.69, 9.17) is 4.74 Å². The molecule has 1 aliphatic heterocycles. The van der Waals surface area contributed by atoms with Crippen molar-refractivity contribution in [2.45, 2.75) is 45.1 Å². The number of hydrogen-bond donors (Lipinski definition) is 1. The lowest BCUT2D eigenvalue weighted by Crippen LogP contribution is -2.42. The highest BCUT2D eigenvalue weighted by atomic mass is 32.2. The van der Waals surface area contributed by atoms with Crippen LogP contribution in [0.3, 0.4) is 0 Å². The number of rotatable bonds is 9. The van der Waals surface area contributed by atoms with E-state index in [9.17, 15) is 13.2 Å². The second-order valence-electron chi connectivity index (χ2n) is 5.24. The maximum absolute atomic E-state index is 11.8. The van der Waals surface area contributed by atoms with Crippen molar-refractivity contribution in [3.8, 4) is 0 Å². The van der Waals surface area contributed by atoms with Gasteiger partial charge in [-0.15, -0.1) is 0 Å². The van der Waals surface area contributed by atoms with E-state index in [0.29, 0.717) is 13.1 Å². The molecule has 1 N–H and O–H groups in total. The van der Waals surface area contributed by atoms with Crippen LogP contribution >= 0.6 is 0 Å². The number of ether oxygens (including phenoxy) is 1. The van der Waals surface area contributed by atoms with E-state index in [2.05, 4.69) is 12.2 Å². The van der Waals surface area contributed by atoms with Crippen LogP contribution in [0.5, 0.6) is 0 Å². The quantitative estimate of drug-likeness (QED) is 0.637. The standard InChI is InChI=1S/C13H26N2O4S/c1-3-4-5-8-15(20(2,17)18)11-13(16)14-10-12-7-6-9-19-12/h12H,3-11H2,1-2H3,(H,14,16). The summed E-state index contributed by atoms with van der Waals surface area (Å²) < 4.78 is 29.9. The van der Waals surface area contributed by atoms with Crippen molar-refractivity contribution < 1.29 is 17.9 Å². The molecule has 0 spiro atoms. The van der Waals surface area contributed by atoms with Crippen molar-refractivity contribution in [1.29, 1.82) is 0 Å². The molecule has 7 heteroatoms. The van der Waals surface area contributed by atoms with E-state index in [1.54, 1.807) is 0 Å².